The molecule has 0 radical (unpaired) electrons. The zero-order valence-electron chi connectivity index (χ0n) is 12.0. The summed E-state index contributed by atoms with van der Waals surface area (Å²) < 4.78 is 31.7. The number of benzene rings is 1. The average molecular weight is 298 g/mol. The van der Waals surface area contributed by atoms with E-state index in [2.05, 4.69) is 6.58 Å². The SMILES string of the molecule is C=CCN(C(C)C)S(=O)(=O)c1ccc(OCCN)cc1. The van der Waals surface area contributed by atoms with Gasteiger partial charge in [-0.2, -0.15) is 4.31 Å². The van der Waals surface area contributed by atoms with Crippen LogP contribution >= 0.6 is 0 Å². The first kappa shape index (κ1) is 16.7. The number of sulfonamides is 1. The molecule has 1 aromatic rings. The summed E-state index contributed by atoms with van der Waals surface area (Å²) >= 11 is 0. The quantitative estimate of drug-likeness (QED) is 0.740. The van der Waals surface area contributed by atoms with E-state index in [1.54, 1.807) is 30.3 Å². The van der Waals surface area contributed by atoms with Gasteiger partial charge in [-0.05, 0) is 38.1 Å². The molecule has 5 nitrogen and oxygen atoms in total. The number of hydrogen-bond donors (Lipinski definition) is 1. The van der Waals surface area contributed by atoms with E-state index in [4.69, 9.17) is 10.5 Å². The van der Waals surface area contributed by atoms with Crippen LogP contribution in [0.1, 0.15) is 13.8 Å². The van der Waals surface area contributed by atoms with E-state index in [1.165, 1.54) is 4.31 Å². The minimum absolute atomic E-state index is 0.133. The van der Waals surface area contributed by atoms with Gasteiger partial charge in [-0.15, -0.1) is 6.58 Å². The summed E-state index contributed by atoms with van der Waals surface area (Å²) in [6, 6.07) is 6.22. The molecule has 0 spiro atoms. The molecule has 2 N–H and O–H groups in total. The van der Waals surface area contributed by atoms with Crippen molar-refractivity contribution in [3.8, 4) is 5.75 Å². The molecule has 0 unspecified atom stereocenters. The molecule has 1 rings (SSSR count). The Labute approximate surface area is 121 Å². The molecule has 0 aromatic heterocycles. The molecule has 112 valence electrons. The lowest BCUT2D eigenvalue weighted by Gasteiger charge is -2.24. The lowest BCUT2D eigenvalue weighted by Crippen LogP contribution is -2.36. The predicted octanol–water partition coefficient (Wildman–Crippen LogP) is 1.61. The van der Waals surface area contributed by atoms with Gasteiger partial charge >= 0.3 is 0 Å². The van der Waals surface area contributed by atoms with E-state index in [0.717, 1.165) is 0 Å². The maximum Gasteiger partial charge on any atom is 0.243 e. The van der Waals surface area contributed by atoms with Crippen LogP contribution in [0.5, 0.6) is 5.75 Å². The second-order valence-corrected chi connectivity index (χ2v) is 6.46. The smallest absolute Gasteiger partial charge is 0.243 e. The summed E-state index contributed by atoms with van der Waals surface area (Å²) in [5, 5.41) is 0. The van der Waals surface area contributed by atoms with Crippen molar-refractivity contribution in [3.63, 3.8) is 0 Å². The molecule has 0 fully saturated rings. The van der Waals surface area contributed by atoms with Crippen LogP contribution < -0.4 is 10.5 Å². The standard InChI is InChI=1S/C14H22N2O3S/c1-4-10-16(12(2)3)20(17,18)14-7-5-13(6-8-14)19-11-9-15/h4-8,12H,1,9-11,15H2,2-3H3. The summed E-state index contributed by atoms with van der Waals surface area (Å²) in [6.07, 6.45) is 1.58. The van der Waals surface area contributed by atoms with Gasteiger partial charge in [0.25, 0.3) is 0 Å². The second kappa shape index (κ2) is 7.42. The van der Waals surface area contributed by atoms with Crippen LogP contribution in [0, 0.1) is 0 Å². The molecule has 20 heavy (non-hydrogen) atoms. The fourth-order valence-electron chi connectivity index (χ4n) is 1.73. The number of nitrogens with two attached hydrogens (primary N) is 1. The third-order valence-corrected chi connectivity index (χ3v) is 4.76. The van der Waals surface area contributed by atoms with Gasteiger partial charge in [-0.25, -0.2) is 8.42 Å². The van der Waals surface area contributed by atoms with E-state index in [9.17, 15) is 8.42 Å². The molecule has 0 saturated carbocycles. The average Bonchev–Trinajstić information content (AvgIpc) is 2.42. The molecule has 1 aromatic carbocycles. The Hall–Kier alpha value is -1.37. The van der Waals surface area contributed by atoms with Gasteiger partial charge in [0.05, 0.1) is 4.90 Å². The first-order valence-electron chi connectivity index (χ1n) is 6.49. The molecule has 0 saturated heterocycles. The summed E-state index contributed by atoms with van der Waals surface area (Å²) in [6.45, 7) is 8.37. The highest BCUT2D eigenvalue weighted by molar-refractivity contribution is 7.89. The van der Waals surface area contributed by atoms with Crippen molar-refractivity contribution in [2.45, 2.75) is 24.8 Å². The third-order valence-electron chi connectivity index (χ3n) is 2.70. The van der Waals surface area contributed by atoms with Gasteiger partial charge < -0.3 is 10.5 Å². The summed E-state index contributed by atoms with van der Waals surface area (Å²) in [5.74, 6) is 0.606. The summed E-state index contributed by atoms with van der Waals surface area (Å²) in [7, 11) is -3.52. The van der Waals surface area contributed by atoms with Crippen molar-refractivity contribution < 1.29 is 13.2 Å². The van der Waals surface area contributed by atoms with Gasteiger partial charge in [0.2, 0.25) is 10.0 Å². The second-order valence-electron chi connectivity index (χ2n) is 4.57. The Kier molecular flexibility index (Phi) is 6.19. The van der Waals surface area contributed by atoms with Crippen LogP contribution in [0.25, 0.3) is 0 Å². The number of rotatable bonds is 8. The number of hydrogen-bond acceptors (Lipinski definition) is 4. The van der Waals surface area contributed by atoms with Crippen LogP contribution in [0.4, 0.5) is 0 Å². The highest BCUT2D eigenvalue weighted by Crippen LogP contribution is 2.21. The third kappa shape index (κ3) is 4.06. The van der Waals surface area contributed by atoms with E-state index in [0.29, 0.717) is 18.9 Å². The largest absolute Gasteiger partial charge is 0.492 e. The molecule has 6 heteroatoms. The maximum atomic E-state index is 12.5. The van der Waals surface area contributed by atoms with Gasteiger partial charge in [0.15, 0.2) is 0 Å². The molecule has 0 aliphatic heterocycles. The number of ether oxygens (including phenoxy) is 1. The Bertz CT molecular complexity index is 524. The van der Waals surface area contributed by atoms with Crippen molar-refractivity contribution in [2.24, 2.45) is 5.73 Å². The molecule has 0 atom stereocenters. The topological polar surface area (TPSA) is 72.6 Å². The number of nitrogens with zero attached hydrogens (tertiary/aromatic N) is 1. The zero-order chi connectivity index (χ0) is 15.2. The first-order chi connectivity index (χ1) is 9.43. The Morgan fingerprint density at radius 2 is 1.95 bits per heavy atom. The van der Waals surface area contributed by atoms with Gasteiger partial charge in [-0.3, -0.25) is 0 Å². The Morgan fingerprint density at radius 1 is 1.35 bits per heavy atom. The van der Waals surface area contributed by atoms with Crippen molar-refractivity contribution >= 4 is 10.0 Å². The highest BCUT2D eigenvalue weighted by atomic mass is 32.2. The molecular weight excluding hydrogens is 276 g/mol. The van der Waals surface area contributed by atoms with Gasteiger partial charge in [0.1, 0.15) is 12.4 Å². The van der Waals surface area contributed by atoms with Crippen molar-refractivity contribution in [1.29, 1.82) is 0 Å². The van der Waals surface area contributed by atoms with Gasteiger partial charge in [0, 0.05) is 19.1 Å². The normalized spacial score (nSPS) is 11.8. The van der Waals surface area contributed by atoms with E-state index in [-0.39, 0.29) is 17.5 Å². The van der Waals surface area contributed by atoms with Crippen LogP contribution in [0.15, 0.2) is 41.8 Å². The molecule has 0 heterocycles. The fourth-order valence-corrected chi connectivity index (χ4v) is 3.34. The monoisotopic (exact) mass is 298 g/mol. The fraction of sp³-hybridized carbons (Fsp3) is 0.429. The summed E-state index contributed by atoms with van der Waals surface area (Å²) in [4.78, 5) is 0.244. The van der Waals surface area contributed by atoms with Crippen molar-refractivity contribution in [2.75, 3.05) is 19.7 Å². The first-order valence-corrected chi connectivity index (χ1v) is 7.93. The van der Waals surface area contributed by atoms with E-state index < -0.39 is 10.0 Å². The molecule has 0 amide bonds. The maximum absolute atomic E-state index is 12.5. The van der Waals surface area contributed by atoms with Crippen LogP contribution in [0.3, 0.4) is 0 Å². The molecule has 0 aliphatic rings. The van der Waals surface area contributed by atoms with E-state index >= 15 is 0 Å². The van der Waals surface area contributed by atoms with Gasteiger partial charge in [-0.1, -0.05) is 6.08 Å². The minimum Gasteiger partial charge on any atom is -0.492 e. The lowest BCUT2D eigenvalue weighted by atomic mass is 10.3. The van der Waals surface area contributed by atoms with Crippen LogP contribution in [-0.2, 0) is 10.0 Å². The van der Waals surface area contributed by atoms with Crippen molar-refractivity contribution in [3.05, 3.63) is 36.9 Å². The van der Waals surface area contributed by atoms with E-state index in [1.807, 2.05) is 13.8 Å². The highest BCUT2D eigenvalue weighted by Gasteiger charge is 2.25. The molecule has 0 aliphatic carbocycles. The van der Waals surface area contributed by atoms with Crippen molar-refractivity contribution in [1.82, 2.24) is 4.31 Å². The van der Waals surface area contributed by atoms with Crippen LogP contribution in [-0.4, -0.2) is 38.5 Å². The zero-order valence-corrected chi connectivity index (χ0v) is 12.8. The Morgan fingerprint density at radius 3 is 2.40 bits per heavy atom. The molecule has 0 bridgehead atoms. The minimum atomic E-state index is -3.52. The predicted molar refractivity (Wildman–Crippen MR) is 80.2 cm³/mol. The molecular formula is C14H22N2O3S. The van der Waals surface area contributed by atoms with Crippen LogP contribution in [0.2, 0.25) is 0 Å². The lowest BCUT2D eigenvalue weighted by molar-refractivity contribution is 0.328. The summed E-state index contributed by atoms with van der Waals surface area (Å²) in [5.41, 5.74) is 5.34. The Balaban J connectivity index is 2.99.